The van der Waals surface area contributed by atoms with E-state index in [2.05, 4.69) is 4.74 Å². The molecule has 1 rings (SSSR count). The Morgan fingerprint density at radius 1 is 1.33 bits per heavy atom. The summed E-state index contributed by atoms with van der Waals surface area (Å²) in [5.74, 6) is -4.78. The number of rotatable bonds is 4. The number of halogens is 1. The van der Waals surface area contributed by atoms with E-state index in [0.717, 1.165) is 19.4 Å². The first-order valence-corrected chi connectivity index (χ1v) is 6.43. The van der Waals surface area contributed by atoms with Gasteiger partial charge in [0.25, 0.3) is 5.78 Å². The lowest BCUT2D eigenvalue weighted by molar-refractivity contribution is -0.131. The second kappa shape index (κ2) is 4.73. The number of carboxylic acid groups (broad SMARTS) is 1. The Bertz CT molecular complexity index is 620. The summed E-state index contributed by atoms with van der Waals surface area (Å²) in [5, 5.41) is 8.49. The fraction of sp³-hybridized carbons (Fsp3) is 0.200. The summed E-state index contributed by atoms with van der Waals surface area (Å²) in [6.07, 6.45) is 0.770. The molecule has 8 heteroatoms. The van der Waals surface area contributed by atoms with E-state index in [1.54, 1.807) is 0 Å². The first kappa shape index (κ1) is 14.1. The average Bonchev–Trinajstić information content (AvgIpc) is 2.24. The Labute approximate surface area is 102 Å². The zero-order chi connectivity index (χ0) is 14.1. The second-order valence-corrected chi connectivity index (χ2v) is 5.35. The van der Waals surface area contributed by atoms with E-state index in [4.69, 9.17) is 5.11 Å². The van der Waals surface area contributed by atoms with Crippen molar-refractivity contribution in [3.63, 3.8) is 0 Å². The van der Waals surface area contributed by atoms with E-state index in [-0.39, 0.29) is 0 Å². The van der Waals surface area contributed by atoms with Crippen molar-refractivity contribution in [3.8, 4) is 5.75 Å². The average molecular weight is 276 g/mol. The fourth-order valence-electron chi connectivity index (χ4n) is 1.33. The first-order valence-electron chi connectivity index (χ1n) is 4.53. The molecule has 6 nitrogen and oxygen atoms in total. The molecule has 0 heterocycles. The zero-order valence-corrected chi connectivity index (χ0v) is 10.2. The molecular weight excluding hydrogens is 267 g/mol. The van der Waals surface area contributed by atoms with Crippen LogP contribution in [0.15, 0.2) is 17.0 Å². The van der Waals surface area contributed by atoms with Crippen LogP contribution < -0.4 is 4.74 Å². The maximum Gasteiger partial charge on any atom is 0.377 e. The Kier molecular flexibility index (Phi) is 3.70. The lowest BCUT2D eigenvalue weighted by atomic mass is 10.1. The fourth-order valence-corrected chi connectivity index (χ4v) is 2.26. The SMILES string of the molecule is COc1cc(C(=O)C(=O)O)cc(F)c1S(C)(=O)=O. The van der Waals surface area contributed by atoms with E-state index in [0.29, 0.717) is 6.07 Å². The van der Waals surface area contributed by atoms with Crippen LogP contribution in [0.25, 0.3) is 0 Å². The molecule has 1 aromatic rings. The molecule has 0 fully saturated rings. The zero-order valence-electron chi connectivity index (χ0n) is 9.43. The number of ketones is 1. The van der Waals surface area contributed by atoms with Crippen molar-refractivity contribution in [2.75, 3.05) is 13.4 Å². The van der Waals surface area contributed by atoms with Crippen molar-refractivity contribution < 1.29 is 32.2 Å². The number of carboxylic acids is 1. The van der Waals surface area contributed by atoms with Crippen LogP contribution in [0.3, 0.4) is 0 Å². The van der Waals surface area contributed by atoms with Gasteiger partial charge in [0, 0.05) is 11.8 Å². The van der Waals surface area contributed by atoms with Gasteiger partial charge in [-0.2, -0.15) is 0 Å². The van der Waals surface area contributed by atoms with Gasteiger partial charge in [-0.05, 0) is 12.1 Å². The monoisotopic (exact) mass is 276 g/mol. The van der Waals surface area contributed by atoms with Gasteiger partial charge in [-0.3, -0.25) is 4.79 Å². The smallest absolute Gasteiger partial charge is 0.377 e. The lowest BCUT2D eigenvalue weighted by Gasteiger charge is -2.09. The topological polar surface area (TPSA) is 97.7 Å². The van der Waals surface area contributed by atoms with Crippen LogP contribution >= 0.6 is 0 Å². The molecule has 0 saturated carbocycles. The molecule has 0 radical (unpaired) electrons. The van der Waals surface area contributed by atoms with Crippen molar-refractivity contribution >= 4 is 21.6 Å². The standard InChI is InChI=1S/C10H9FO6S/c1-17-7-4-5(8(12)10(13)14)3-6(11)9(7)18(2,15)16/h3-4H,1-2H3,(H,13,14). The summed E-state index contributed by atoms with van der Waals surface area (Å²) in [5.41, 5.74) is -0.496. The van der Waals surface area contributed by atoms with E-state index in [9.17, 15) is 22.4 Å². The van der Waals surface area contributed by atoms with Crippen LogP contribution in [0.4, 0.5) is 4.39 Å². The van der Waals surface area contributed by atoms with Gasteiger partial charge in [0.05, 0.1) is 7.11 Å². The van der Waals surface area contributed by atoms with Gasteiger partial charge in [0.1, 0.15) is 16.5 Å². The molecule has 0 bridgehead atoms. The van der Waals surface area contributed by atoms with Gasteiger partial charge < -0.3 is 9.84 Å². The molecule has 1 aromatic carbocycles. The summed E-state index contributed by atoms with van der Waals surface area (Å²) >= 11 is 0. The van der Waals surface area contributed by atoms with Crippen LogP contribution in [0.2, 0.25) is 0 Å². The minimum Gasteiger partial charge on any atom is -0.495 e. The number of methoxy groups -OCH3 is 1. The maximum atomic E-state index is 13.6. The summed E-state index contributed by atoms with van der Waals surface area (Å²) in [6, 6.07) is 1.42. The largest absolute Gasteiger partial charge is 0.495 e. The van der Waals surface area contributed by atoms with E-state index in [1.807, 2.05) is 0 Å². The van der Waals surface area contributed by atoms with Crippen LogP contribution in [-0.2, 0) is 14.6 Å². The highest BCUT2D eigenvalue weighted by Gasteiger charge is 2.24. The highest BCUT2D eigenvalue weighted by atomic mass is 32.2. The van der Waals surface area contributed by atoms with Crippen LogP contribution in [0, 0.1) is 5.82 Å². The maximum absolute atomic E-state index is 13.6. The predicted molar refractivity (Wildman–Crippen MR) is 58.0 cm³/mol. The van der Waals surface area contributed by atoms with Crippen molar-refractivity contribution in [1.82, 2.24) is 0 Å². The van der Waals surface area contributed by atoms with E-state index >= 15 is 0 Å². The number of hydrogen-bond donors (Lipinski definition) is 1. The number of ether oxygens (including phenoxy) is 1. The van der Waals surface area contributed by atoms with Gasteiger partial charge >= 0.3 is 5.97 Å². The third-order valence-corrected chi connectivity index (χ3v) is 3.19. The van der Waals surface area contributed by atoms with Crippen LogP contribution in [0.1, 0.15) is 10.4 Å². The molecule has 0 spiro atoms. The number of Topliss-reactive ketones (excluding diaryl/α,β-unsaturated/α-hetero) is 1. The van der Waals surface area contributed by atoms with Crippen molar-refractivity contribution in [1.29, 1.82) is 0 Å². The highest BCUT2D eigenvalue weighted by molar-refractivity contribution is 7.90. The molecular formula is C10H9FO6S. The molecule has 0 atom stereocenters. The number of benzene rings is 1. The predicted octanol–water partition coefficient (Wildman–Crippen LogP) is 0.505. The Hall–Kier alpha value is -1.96. The van der Waals surface area contributed by atoms with Gasteiger partial charge in [-0.25, -0.2) is 17.6 Å². The summed E-state index contributed by atoms with van der Waals surface area (Å²) < 4.78 is 40.9. The van der Waals surface area contributed by atoms with Gasteiger partial charge in [-0.15, -0.1) is 0 Å². The number of sulfone groups is 1. The van der Waals surface area contributed by atoms with Crippen LogP contribution in [0.5, 0.6) is 5.75 Å². The van der Waals surface area contributed by atoms with Crippen molar-refractivity contribution in [3.05, 3.63) is 23.5 Å². The number of carbonyl (C=O) groups is 2. The first-order chi connectivity index (χ1) is 8.18. The van der Waals surface area contributed by atoms with E-state index < -0.39 is 43.6 Å². The molecule has 1 N–H and O–H groups in total. The summed E-state index contributed by atoms with van der Waals surface area (Å²) in [7, 11) is -2.82. The molecule has 0 amide bonds. The van der Waals surface area contributed by atoms with Gasteiger partial charge in [0.2, 0.25) is 0 Å². The van der Waals surface area contributed by atoms with Crippen molar-refractivity contribution in [2.45, 2.75) is 4.90 Å². The lowest BCUT2D eigenvalue weighted by Crippen LogP contribution is -2.14. The molecule has 0 saturated heterocycles. The number of carbonyl (C=O) groups excluding carboxylic acids is 1. The molecule has 0 aliphatic rings. The van der Waals surface area contributed by atoms with Crippen LogP contribution in [-0.4, -0.2) is 38.6 Å². The van der Waals surface area contributed by atoms with E-state index in [1.165, 1.54) is 0 Å². The molecule has 0 aliphatic carbocycles. The summed E-state index contributed by atoms with van der Waals surface area (Å²) in [4.78, 5) is 20.9. The third-order valence-electron chi connectivity index (χ3n) is 2.06. The Morgan fingerprint density at radius 2 is 1.89 bits per heavy atom. The normalized spacial score (nSPS) is 11.1. The number of hydrogen-bond acceptors (Lipinski definition) is 5. The molecule has 0 unspecified atom stereocenters. The third kappa shape index (κ3) is 2.65. The second-order valence-electron chi connectivity index (χ2n) is 3.40. The minimum atomic E-state index is -3.90. The molecule has 18 heavy (non-hydrogen) atoms. The minimum absolute atomic E-state index is 0.415. The molecule has 0 aliphatic heterocycles. The Balaban J connectivity index is 3.56. The van der Waals surface area contributed by atoms with Gasteiger partial charge in [0.15, 0.2) is 9.84 Å². The van der Waals surface area contributed by atoms with Crippen molar-refractivity contribution in [2.24, 2.45) is 0 Å². The number of aliphatic carboxylic acids is 1. The Morgan fingerprint density at radius 3 is 2.28 bits per heavy atom. The van der Waals surface area contributed by atoms with Gasteiger partial charge in [-0.1, -0.05) is 0 Å². The molecule has 98 valence electrons. The quantitative estimate of drug-likeness (QED) is 0.635. The summed E-state index contributed by atoms with van der Waals surface area (Å²) in [6.45, 7) is 0. The molecule has 0 aromatic heterocycles. The highest BCUT2D eigenvalue weighted by Crippen LogP contribution is 2.28.